The van der Waals surface area contributed by atoms with Crippen molar-refractivity contribution in [3.05, 3.63) is 58.2 Å². The Labute approximate surface area is 164 Å². The van der Waals surface area contributed by atoms with Gasteiger partial charge < -0.3 is 10.4 Å². The summed E-state index contributed by atoms with van der Waals surface area (Å²) in [6.45, 7) is 0.916. The second-order valence-electron chi connectivity index (χ2n) is 6.07. The monoisotopic (exact) mass is 400 g/mol. The van der Waals surface area contributed by atoms with Crippen molar-refractivity contribution < 1.29 is 5.11 Å². The Hall–Kier alpha value is -2.48. The van der Waals surface area contributed by atoms with Gasteiger partial charge in [-0.3, -0.25) is 9.36 Å². The Bertz CT molecular complexity index is 1150. The van der Waals surface area contributed by atoms with E-state index in [0.717, 1.165) is 35.3 Å². The molecule has 27 heavy (non-hydrogen) atoms. The number of anilines is 1. The van der Waals surface area contributed by atoms with Crippen molar-refractivity contribution in [2.45, 2.75) is 12.8 Å². The van der Waals surface area contributed by atoms with Crippen molar-refractivity contribution in [2.75, 3.05) is 18.5 Å². The Kier molecular flexibility index (Phi) is 5.07. The topological polar surface area (TPSA) is 80.0 Å². The van der Waals surface area contributed by atoms with Crippen LogP contribution in [0.2, 0.25) is 5.02 Å². The highest BCUT2D eigenvalue weighted by Gasteiger charge is 2.16. The maximum absolute atomic E-state index is 13.0. The van der Waals surface area contributed by atoms with Crippen molar-refractivity contribution in [2.24, 2.45) is 0 Å². The van der Waals surface area contributed by atoms with Gasteiger partial charge in [0.15, 0.2) is 0 Å². The summed E-state index contributed by atoms with van der Waals surface area (Å²) in [7, 11) is 0. The maximum Gasteiger partial charge on any atom is 0.275 e. The molecule has 8 heteroatoms. The minimum Gasteiger partial charge on any atom is -0.396 e. The van der Waals surface area contributed by atoms with Gasteiger partial charge in [-0.15, -0.1) is 11.3 Å². The molecule has 0 aliphatic carbocycles. The number of nitrogens with one attached hydrogen (secondary N) is 1. The predicted octanol–water partition coefficient (Wildman–Crippen LogP) is 3.83. The molecule has 0 aliphatic heterocycles. The number of fused-ring (bicyclic) bond motifs is 3. The van der Waals surface area contributed by atoms with Crippen molar-refractivity contribution in [3.63, 3.8) is 0 Å². The van der Waals surface area contributed by atoms with Crippen LogP contribution in [0.15, 0.2) is 47.7 Å². The fraction of sp³-hybridized carbons (Fsp3) is 0.211. The van der Waals surface area contributed by atoms with Crippen molar-refractivity contribution >= 4 is 49.1 Å². The van der Waals surface area contributed by atoms with E-state index in [4.69, 9.17) is 16.7 Å². The van der Waals surface area contributed by atoms with Gasteiger partial charge in [-0.05, 0) is 43.2 Å². The lowest BCUT2D eigenvalue weighted by atomic mass is 10.2. The molecule has 0 saturated heterocycles. The van der Waals surface area contributed by atoms with Crippen molar-refractivity contribution in [1.29, 1.82) is 0 Å². The summed E-state index contributed by atoms with van der Waals surface area (Å²) in [5, 5.41) is 13.8. The molecule has 138 valence electrons. The molecule has 0 bridgehead atoms. The Morgan fingerprint density at radius 3 is 2.74 bits per heavy atom. The number of halogens is 1. The lowest BCUT2D eigenvalue weighted by Gasteiger charge is -2.07. The molecule has 4 rings (SSSR count). The molecule has 0 fully saturated rings. The highest BCUT2D eigenvalue weighted by molar-refractivity contribution is 7.25. The summed E-state index contributed by atoms with van der Waals surface area (Å²) in [4.78, 5) is 22.8. The molecule has 0 spiro atoms. The second-order valence-corrected chi connectivity index (χ2v) is 7.51. The number of nitrogens with zero attached hydrogens (tertiary/aromatic N) is 3. The van der Waals surface area contributed by atoms with Gasteiger partial charge in [-0.25, -0.2) is 9.97 Å². The first-order chi connectivity index (χ1) is 13.2. The number of thiophene rings is 1. The maximum atomic E-state index is 13.0. The quantitative estimate of drug-likeness (QED) is 0.481. The van der Waals surface area contributed by atoms with Gasteiger partial charge in [0.25, 0.3) is 5.56 Å². The number of unbranched alkanes of at least 4 members (excludes halogenated alkanes) is 1. The lowest BCUT2D eigenvalue weighted by Crippen LogP contribution is -2.17. The molecular weight excluding hydrogens is 384 g/mol. The average molecular weight is 401 g/mol. The van der Waals surface area contributed by atoms with Gasteiger partial charge in [0.2, 0.25) is 0 Å². The number of hydrogen-bond acceptors (Lipinski definition) is 6. The summed E-state index contributed by atoms with van der Waals surface area (Å²) in [5.41, 5.74) is 2.14. The number of aliphatic hydroxyl groups excluding tert-OH is 1. The zero-order valence-corrected chi connectivity index (χ0v) is 15.9. The van der Waals surface area contributed by atoms with Gasteiger partial charge >= 0.3 is 0 Å². The molecule has 3 heterocycles. The van der Waals surface area contributed by atoms with Crippen LogP contribution in [-0.4, -0.2) is 32.8 Å². The zero-order valence-electron chi connectivity index (χ0n) is 14.4. The van der Waals surface area contributed by atoms with E-state index in [9.17, 15) is 4.79 Å². The fourth-order valence-electron chi connectivity index (χ4n) is 2.95. The predicted molar refractivity (Wildman–Crippen MR) is 110 cm³/mol. The van der Waals surface area contributed by atoms with Crippen molar-refractivity contribution in [1.82, 2.24) is 14.5 Å². The van der Waals surface area contributed by atoms with Gasteiger partial charge in [0.1, 0.15) is 15.9 Å². The smallest absolute Gasteiger partial charge is 0.275 e. The summed E-state index contributed by atoms with van der Waals surface area (Å²) in [5.74, 6) is 0. The number of aromatic nitrogens is 3. The molecule has 0 unspecified atom stereocenters. The third kappa shape index (κ3) is 3.41. The molecule has 2 N–H and O–H groups in total. The minimum atomic E-state index is -0.128. The second kappa shape index (κ2) is 7.64. The minimum absolute atomic E-state index is 0.128. The lowest BCUT2D eigenvalue weighted by molar-refractivity contribution is 0.286. The van der Waals surface area contributed by atoms with Crippen LogP contribution in [0.4, 0.5) is 5.69 Å². The van der Waals surface area contributed by atoms with Crippen LogP contribution in [0.5, 0.6) is 0 Å². The molecule has 6 nitrogen and oxygen atoms in total. The van der Waals surface area contributed by atoms with Gasteiger partial charge in [-0.2, -0.15) is 0 Å². The summed E-state index contributed by atoms with van der Waals surface area (Å²) in [6, 6.07) is 8.95. The molecular formula is C19H17ClN4O2S. The van der Waals surface area contributed by atoms with E-state index < -0.39 is 0 Å². The normalized spacial score (nSPS) is 11.3. The van der Waals surface area contributed by atoms with E-state index in [1.807, 2.05) is 6.07 Å². The van der Waals surface area contributed by atoms with E-state index in [-0.39, 0.29) is 12.2 Å². The summed E-state index contributed by atoms with van der Waals surface area (Å²) < 4.78 is 2.09. The molecule has 0 aliphatic rings. The van der Waals surface area contributed by atoms with Gasteiger partial charge in [0, 0.05) is 30.1 Å². The Balaban J connectivity index is 1.81. The third-order valence-electron chi connectivity index (χ3n) is 4.29. The van der Waals surface area contributed by atoms with Crippen LogP contribution in [0.25, 0.3) is 26.1 Å². The zero-order chi connectivity index (χ0) is 18.8. The number of hydrogen-bond donors (Lipinski definition) is 2. The largest absolute Gasteiger partial charge is 0.396 e. The van der Waals surface area contributed by atoms with Crippen LogP contribution >= 0.6 is 22.9 Å². The molecule has 0 atom stereocenters. The van der Waals surface area contributed by atoms with Crippen LogP contribution in [0.3, 0.4) is 0 Å². The first-order valence-corrected chi connectivity index (χ1v) is 9.78. The summed E-state index contributed by atoms with van der Waals surface area (Å²) >= 11 is 7.28. The van der Waals surface area contributed by atoms with Crippen molar-refractivity contribution in [3.8, 4) is 5.69 Å². The van der Waals surface area contributed by atoms with E-state index in [2.05, 4.69) is 15.3 Å². The molecule has 1 aromatic carbocycles. The van der Waals surface area contributed by atoms with E-state index in [1.165, 1.54) is 15.9 Å². The average Bonchev–Trinajstić information content (AvgIpc) is 3.07. The van der Waals surface area contributed by atoms with Crippen LogP contribution in [0.1, 0.15) is 12.8 Å². The molecule has 4 aromatic rings. The van der Waals surface area contributed by atoms with Gasteiger partial charge in [-0.1, -0.05) is 11.6 Å². The first kappa shape index (κ1) is 17.9. The molecule has 0 saturated carbocycles. The number of pyridine rings is 1. The number of aliphatic hydroxyl groups is 1. The van der Waals surface area contributed by atoms with Crippen LogP contribution < -0.4 is 10.9 Å². The number of benzene rings is 1. The third-order valence-corrected chi connectivity index (χ3v) is 5.61. The van der Waals surface area contributed by atoms with E-state index in [1.54, 1.807) is 36.8 Å². The van der Waals surface area contributed by atoms with Gasteiger partial charge in [0.05, 0.1) is 16.6 Å². The molecule has 3 aromatic heterocycles. The van der Waals surface area contributed by atoms with E-state index >= 15 is 0 Å². The van der Waals surface area contributed by atoms with E-state index in [0.29, 0.717) is 20.9 Å². The molecule has 0 amide bonds. The fourth-order valence-corrected chi connectivity index (χ4v) is 4.12. The first-order valence-electron chi connectivity index (χ1n) is 8.58. The summed E-state index contributed by atoms with van der Waals surface area (Å²) in [6.07, 6.45) is 4.88. The highest BCUT2D eigenvalue weighted by atomic mass is 35.5. The standard InChI is InChI=1S/C19H17ClN4O2S/c20-12-3-5-13(6-4-12)24-11-23-16-15-14(21-8-1-2-10-25)7-9-22-18(15)27-17(16)19(24)26/h3-7,9,11,25H,1-2,8,10H2,(H,21,22). The number of rotatable bonds is 6. The highest BCUT2D eigenvalue weighted by Crippen LogP contribution is 2.34. The Morgan fingerprint density at radius 2 is 1.96 bits per heavy atom. The van der Waals surface area contributed by atoms with Crippen LogP contribution in [0, 0.1) is 0 Å². The molecule has 0 radical (unpaired) electrons. The SMILES string of the molecule is O=c1c2sc3nccc(NCCCCO)c3c2ncn1-c1ccc(Cl)cc1. The Morgan fingerprint density at radius 1 is 1.15 bits per heavy atom. The van der Waals surface area contributed by atoms with Crippen LogP contribution in [-0.2, 0) is 0 Å².